The van der Waals surface area contributed by atoms with E-state index >= 15 is 0 Å². The Morgan fingerprint density at radius 3 is 2.25 bits per heavy atom. The lowest BCUT2D eigenvalue weighted by atomic mass is 9.63. The second-order valence-corrected chi connectivity index (χ2v) is 6.28. The van der Waals surface area contributed by atoms with Crippen molar-refractivity contribution in [2.75, 3.05) is 13.7 Å². The molecule has 0 aromatic carbocycles. The third-order valence-electron chi connectivity index (χ3n) is 4.19. The summed E-state index contributed by atoms with van der Waals surface area (Å²) in [5, 5.41) is 9.35. The fraction of sp³-hybridized carbons (Fsp3) is 0.929. The lowest BCUT2D eigenvalue weighted by Gasteiger charge is -2.40. The summed E-state index contributed by atoms with van der Waals surface area (Å²) in [6, 6.07) is 2.54. The first kappa shape index (κ1) is 13.5. The van der Waals surface area contributed by atoms with Crippen LogP contribution in [0.1, 0.15) is 52.9 Å². The summed E-state index contributed by atoms with van der Waals surface area (Å²) in [5.41, 5.74) is 0.292. The molecule has 2 heteroatoms. The van der Waals surface area contributed by atoms with Crippen LogP contribution >= 0.6 is 0 Å². The quantitative estimate of drug-likeness (QED) is 0.729. The van der Waals surface area contributed by atoms with E-state index in [2.05, 4.69) is 26.8 Å². The van der Waals surface area contributed by atoms with Crippen LogP contribution in [-0.4, -0.2) is 13.7 Å². The van der Waals surface area contributed by atoms with Crippen molar-refractivity contribution in [3.63, 3.8) is 0 Å². The van der Waals surface area contributed by atoms with Gasteiger partial charge in [-0.25, -0.2) is 0 Å². The first-order valence-corrected chi connectivity index (χ1v) is 6.34. The van der Waals surface area contributed by atoms with Gasteiger partial charge in [0.05, 0.1) is 11.5 Å². The number of methoxy groups -OCH3 is 1. The maximum atomic E-state index is 9.35. The highest BCUT2D eigenvalue weighted by Crippen LogP contribution is 2.46. The fourth-order valence-corrected chi connectivity index (χ4v) is 2.75. The summed E-state index contributed by atoms with van der Waals surface area (Å²) in [7, 11) is 1.71. The molecule has 0 N–H and O–H groups in total. The summed E-state index contributed by atoms with van der Waals surface area (Å²) in [4.78, 5) is 0. The molecule has 1 aliphatic carbocycles. The van der Waals surface area contributed by atoms with Gasteiger partial charge in [-0.05, 0) is 43.4 Å². The predicted octanol–water partition coefficient (Wildman–Crippen LogP) is 3.77. The zero-order valence-corrected chi connectivity index (χ0v) is 11.2. The van der Waals surface area contributed by atoms with Crippen LogP contribution < -0.4 is 0 Å². The normalized spacial score (nSPS) is 31.1. The Bertz CT molecular complexity index is 251. The van der Waals surface area contributed by atoms with Crippen LogP contribution in [0.25, 0.3) is 0 Å². The molecule has 0 radical (unpaired) electrons. The molecule has 0 bridgehead atoms. The maximum absolute atomic E-state index is 9.35. The van der Waals surface area contributed by atoms with Gasteiger partial charge in [-0.15, -0.1) is 0 Å². The number of hydrogen-bond donors (Lipinski definition) is 0. The molecule has 0 saturated heterocycles. The van der Waals surface area contributed by atoms with E-state index in [1.54, 1.807) is 7.11 Å². The Morgan fingerprint density at radius 2 is 1.88 bits per heavy atom. The zero-order valence-electron chi connectivity index (χ0n) is 11.2. The summed E-state index contributed by atoms with van der Waals surface area (Å²) in [6.07, 6.45) is 5.39. The number of nitrogens with zero attached hydrogens (tertiary/aromatic N) is 1. The molecule has 0 spiro atoms. The highest BCUT2D eigenvalue weighted by molar-refractivity contribution is 5.02. The first-order valence-electron chi connectivity index (χ1n) is 6.34. The molecule has 92 valence electrons. The van der Waals surface area contributed by atoms with Crippen molar-refractivity contribution in [3.05, 3.63) is 0 Å². The molecule has 0 atom stereocenters. The first-order chi connectivity index (χ1) is 7.43. The fourth-order valence-electron chi connectivity index (χ4n) is 2.75. The molecule has 0 aromatic rings. The molecule has 0 unspecified atom stereocenters. The number of nitriles is 1. The van der Waals surface area contributed by atoms with Crippen molar-refractivity contribution in [2.45, 2.75) is 52.9 Å². The number of hydrogen-bond acceptors (Lipinski definition) is 2. The third kappa shape index (κ3) is 3.22. The Labute approximate surface area is 100.0 Å². The van der Waals surface area contributed by atoms with E-state index in [0.717, 1.165) is 25.2 Å². The van der Waals surface area contributed by atoms with Crippen LogP contribution in [0.5, 0.6) is 0 Å². The summed E-state index contributed by atoms with van der Waals surface area (Å²) in [6.45, 7) is 7.65. The second-order valence-electron chi connectivity index (χ2n) is 6.28. The van der Waals surface area contributed by atoms with Gasteiger partial charge in [-0.1, -0.05) is 20.8 Å². The highest BCUT2D eigenvalue weighted by atomic mass is 16.5. The van der Waals surface area contributed by atoms with Gasteiger partial charge in [0, 0.05) is 13.7 Å². The van der Waals surface area contributed by atoms with E-state index in [4.69, 9.17) is 4.74 Å². The van der Waals surface area contributed by atoms with E-state index in [9.17, 15) is 5.26 Å². The molecule has 0 aromatic heterocycles. The lowest BCUT2D eigenvalue weighted by Crippen LogP contribution is -2.32. The lowest BCUT2D eigenvalue weighted by molar-refractivity contribution is 0.0888. The standard InChI is InChI=1S/C14H25NO/c1-13(2,3)12-5-7-14(11-15,8-6-12)9-10-16-4/h12H,5-10H2,1-4H3. The van der Waals surface area contributed by atoms with Crippen molar-refractivity contribution in [1.82, 2.24) is 0 Å². The van der Waals surface area contributed by atoms with E-state index in [1.165, 1.54) is 12.8 Å². The molecule has 1 aliphatic rings. The Hall–Kier alpha value is -0.550. The van der Waals surface area contributed by atoms with E-state index < -0.39 is 0 Å². The SMILES string of the molecule is COCCC1(C#N)CCC(C(C)(C)C)CC1. The molecule has 1 saturated carbocycles. The Kier molecular flexibility index (Phi) is 4.38. The van der Waals surface area contributed by atoms with Gasteiger partial charge < -0.3 is 4.74 Å². The summed E-state index contributed by atoms with van der Waals surface area (Å²) >= 11 is 0. The third-order valence-corrected chi connectivity index (χ3v) is 4.19. The molecule has 16 heavy (non-hydrogen) atoms. The van der Waals surface area contributed by atoms with Crippen molar-refractivity contribution in [2.24, 2.45) is 16.7 Å². The molecule has 2 nitrogen and oxygen atoms in total. The summed E-state index contributed by atoms with van der Waals surface area (Å²) in [5.74, 6) is 0.775. The smallest absolute Gasteiger partial charge is 0.0690 e. The van der Waals surface area contributed by atoms with Crippen molar-refractivity contribution >= 4 is 0 Å². The van der Waals surface area contributed by atoms with Crippen LogP contribution in [0, 0.1) is 28.1 Å². The zero-order chi connectivity index (χ0) is 12.2. The Balaban J connectivity index is 2.54. The average molecular weight is 223 g/mol. The van der Waals surface area contributed by atoms with Crippen LogP contribution in [0.15, 0.2) is 0 Å². The van der Waals surface area contributed by atoms with Crippen molar-refractivity contribution in [3.8, 4) is 6.07 Å². The maximum Gasteiger partial charge on any atom is 0.0690 e. The van der Waals surface area contributed by atoms with Gasteiger partial charge >= 0.3 is 0 Å². The predicted molar refractivity (Wildman–Crippen MR) is 66.0 cm³/mol. The van der Waals surface area contributed by atoms with Gasteiger partial charge in [-0.3, -0.25) is 0 Å². The van der Waals surface area contributed by atoms with Crippen LogP contribution in [0.3, 0.4) is 0 Å². The monoisotopic (exact) mass is 223 g/mol. The van der Waals surface area contributed by atoms with Crippen LogP contribution in [-0.2, 0) is 4.74 Å². The largest absolute Gasteiger partial charge is 0.385 e. The van der Waals surface area contributed by atoms with Gasteiger partial charge in [0.1, 0.15) is 0 Å². The molecule has 1 fully saturated rings. The van der Waals surface area contributed by atoms with Gasteiger partial charge in [0.15, 0.2) is 0 Å². The van der Waals surface area contributed by atoms with E-state index in [1.807, 2.05) is 0 Å². The molecule has 1 rings (SSSR count). The van der Waals surface area contributed by atoms with E-state index in [-0.39, 0.29) is 5.41 Å². The number of ether oxygens (including phenoxy) is 1. The van der Waals surface area contributed by atoms with Gasteiger partial charge in [0.25, 0.3) is 0 Å². The molecular weight excluding hydrogens is 198 g/mol. The second kappa shape index (κ2) is 5.19. The average Bonchev–Trinajstić information content (AvgIpc) is 2.26. The molecular formula is C14H25NO. The van der Waals surface area contributed by atoms with Crippen LogP contribution in [0.2, 0.25) is 0 Å². The van der Waals surface area contributed by atoms with Crippen molar-refractivity contribution in [1.29, 1.82) is 5.26 Å². The van der Waals surface area contributed by atoms with Gasteiger partial charge in [-0.2, -0.15) is 5.26 Å². The highest BCUT2D eigenvalue weighted by Gasteiger charge is 2.38. The molecule has 0 amide bonds. The topological polar surface area (TPSA) is 33.0 Å². The Morgan fingerprint density at radius 1 is 1.31 bits per heavy atom. The minimum absolute atomic E-state index is 0.0994. The number of rotatable bonds is 3. The minimum atomic E-state index is -0.0994. The van der Waals surface area contributed by atoms with Crippen molar-refractivity contribution < 1.29 is 4.74 Å². The van der Waals surface area contributed by atoms with E-state index in [0.29, 0.717) is 12.0 Å². The minimum Gasteiger partial charge on any atom is -0.385 e. The van der Waals surface area contributed by atoms with Gasteiger partial charge in [0.2, 0.25) is 0 Å². The van der Waals surface area contributed by atoms with Crippen LogP contribution in [0.4, 0.5) is 0 Å². The summed E-state index contributed by atoms with van der Waals surface area (Å²) < 4.78 is 5.11. The molecule has 0 heterocycles. The molecule has 0 aliphatic heterocycles.